The molecule has 0 bridgehead atoms. The fraction of sp³-hybridized carbons (Fsp3) is 0.556. The average Bonchev–Trinajstić information content (AvgIpc) is 2.55. The Balaban J connectivity index is 1.82. The van der Waals surface area contributed by atoms with Crippen molar-refractivity contribution in [2.45, 2.75) is 38.6 Å². The molecule has 1 aliphatic heterocycles. The van der Waals surface area contributed by atoms with Crippen molar-refractivity contribution in [3.05, 3.63) is 34.3 Å². The number of piperidine rings is 1. The van der Waals surface area contributed by atoms with Crippen LogP contribution >= 0.6 is 15.9 Å². The molecule has 1 saturated heterocycles. The van der Waals surface area contributed by atoms with E-state index in [0.717, 1.165) is 29.5 Å². The van der Waals surface area contributed by atoms with Crippen LogP contribution < -0.4 is 16.0 Å². The highest BCUT2D eigenvalue weighted by molar-refractivity contribution is 9.10. The SMILES string of the molecule is CC(=O)NC(CC(=O)NCCC1CCCNC1)c1ccc(Br)cc1. The number of carbonyl (C=O) groups is 2. The van der Waals surface area contributed by atoms with Gasteiger partial charge in [-0.25, -0.2) is 0 Å². The summed E-state index contributed by atoms with van der Waals surface area (Å²) in [4.78, 5) is 23.7. The first kappa shape index (κ1) is 18.9. The fourth-order valence-electron chi connectivity index (χ4n) is 3.04. The minimum Gasteiger partial charge on any atom is -0.356 e. The van der Waals surface area contributed by atoms with Gasteiger partial charge in [-0.05, 0) is 56.0 Å². The molecule has 2 amide bonds. The predicted octanol–water partition coefficient (Wildman–Crippen LogP) is 2.52. The Morgan fingerprint density at radius 2 is 2.08 bits per heavy atom. The van der Waals surface area contributed by atoms with E-state index in [2.05, 4.69) is 31.9 Å². The maximum Gasteiger partial charge on any atom is 0.222 e. The Bertz CT molecular complexity index is 542. The van der Waals surface area contributed by atoms with Crippen molar-refractivity contribution in [3.63, 3.8) is 0 Å². The molecule has 2 atom stereocenters. The summed E-state index contributed by atoms with van der Waals surface area (Å²) in [6.07, 6.45) is 3.70. The molecule has 5 nitrogen and oxygen atoms in total. The van der Waals surface area contributed by atoms with Gasteiger partial charge in [-0.3, -0.25) is 9.59 Å². The van der Waals surface area contributed by atoms with Crippen LogP contribution in [-0.4, -0.2) is 31.4 Å². The van der Waals surface area contributed by atoms with Crippen LogP contribution in [0.25, 0.3) is 0 Å². The molecule has 24 heavy (non-hydrogen) atoms. The molecule has 2 rings (SSSR count). The third kappa shape index (κ3) is 6.61. The second-order valence-corrected chi connectivity index (χ2v) is 7.28. The molecule has 132 valence electrons. The number of hydrogen-bond acceptors (Lipinski definition) is 3. The van der Waals surface area contributed by atoms with Gasteiger partial charge in [0.1, 0.15) is 0 Å². The van der Waals surface area contributed by atoms with Crippen molar-refractivity contribution in [1.82, 2.24) is 16.0 Å². The number of rotatable bonds is 7. The van der Waals surface area contributed by atoms with Crippen molar-refractivity contribution in [1.29, 1.82) is 0 Å². The monoisotopic (exact) mass is 395 g/mol. The molecule has 0 aliphatic carbocycles. The van der Waals surface area contributed by atoms with Crippen LogP contribution in [0, 0.1) is 5.92 Å². The van der Waals surface area contributed by atoms with Crippen LogP contribution in [0.3, 0.4) is 0 Å². The zero-order valence-corrected chi connectivity index (χ0v) is 15.7. The summed E-state index contributed by atoms with van der Waals surface area (Å²) >= 11 is 3.40. The van der Waals surface area contributed by atoms with Gasteiger partial charge in [0.2, 0.25) is 11.8 Å². The van der Waals surface area contributed by atoms with E-state index in [1.54, 1.807) is 0 Å². The standard InChI is InChI=1S/C18H26BrN3O2/c1-13(23)22-17(15-4-6-16(19)7-5-15)11-18(24)21-10-8-14-3-2-9-20-12-14/h4-7,14,17,20H,2-3,8-12H2,1H3,(H,21,24)(H,22,23). The van der Waals surface area contributed by atoms with Gasteiger partial charge in [0.25, 0.3) is 0 Å². The second-order valence-electron chi connectivity index (χ2n) is 6.36. The molecule has 1 fully saturated rings. The highest BCUT2D eigenvalue weighted by Crippen LogP contribution is 2.20. The quantitative estimate of drug-likeness (QED) is 0.664. The summed E-state index contributed by atoms with van der Waals surface area (Å²) in [5.74, 6) is 0.487. The number of carbonyl (C=O) groups excluding carboxylic acids is 2. The Hall–Kier alpha value is -1.40. The smallest absolute Gasteiger partial charge is 0.222 e. The third-order valence-corrected chi connectivity index (χ3v) is 4.84. The van der Waals surface area contributed by atoms with Gasteiger partial charge in [-0.1, -0.05) is 28.1 Å². The number of hydrogen-bond donors (Lipinski definition) is 3. The summed E-state index contributed by atoms with van der Waals surface area (Å²) in [5, 5.41) is 9.24. The maximum absolute atomic E-state index is 12.2. The molecule has 0 saturated carbocycles. The van der Waals surface area contributed by atoms with E-state index in [1.807, 2.05) is 24.3 Å². The lowest BCUT2D eigenvalue weighted by molar-refractivity contribution is -0.122. The third-order valence-electron chi connectivity index (χ3n) is 4.31. The number of amides is 2. The summed E-state index contributed by atoms with van der Waals surface area (Å²) in [6, 6.07) is 7.38. The van der Waals surface area contributed by atoms with Gasteiger partial charge in [0.15, 0.2) is 0 Å². The number of halogens is 1. The highest BCUT2D eigenvalue weighted by atomic mass is 79.9. The molecule has 6 heteroatoms. The Labute approximate surface area is 152 Å². The molecule has 1 aromatic carbocycles. The summed E-state index contributed by atoms with van der Waals surface area (Å²) in [6.45, 7) is 4.32. The molecule has 0 aromatic heterocycles. The van der Waals surface area contributed by atoms with E-state index < -0.39 is 0 Å². The van der Waals surface area contributed by atoms with E-state index in [9.17, 15) is 9.59 Å². The number of nitrogens with one attached hydrogen (secondary N) is 3. The van der Waals surface area contributed by atoms with E-state index in [4.69, 9.17) is 0 Å². The van der Waals surface area contributed by atoms with Crippen molar-refractivity contribution < 1.29 is 9.59 Å². The van der Waals surface area contributed by atoms with E-state index in [1.165, 1.54) is 19.8 Å². The van der Waals surface area contributed by atoms with Gasteiger partial charge >= 0.3 is 0 Å². The molecule has 1 aromatic rings. The molecular weight excluding hydrogens is 370 g/mol. The minimum atomic E-state index is -0.299. The molecule has 0 radical (unpaired) electrons. The summed E-state index contributed by atoms with van der Waals surface area (Å²) in [7, 11) is 0. The Morgan fingerprint density at radius 1 is 1.33 bits per heavy atom. The van der Waals surface area contributed by atoms with Gasteiger partial charge in [0, 0.05) is 17.9 Å². The van der Waals surface area contributed by atoms with Crippen molar-refractivity contribution in [2.75, 3.05) is 19.6 Å². The molecule has 0 spiro atoms. The predicted molar refractivity (Wildman–Crippen MR) is 98.5 cm³/mol. The van der Waals surface area contributed by atoms with E-state index in [-0.39, 0.29) is 24.3 Å². The van der Waals surface area contributed by atoms with Crippen LogP contribution in [-0.2, 0) is 9.59 Å². The Morgan fingerprint density at radius 3 is 2.71 bits per heavy atom. The lowest BCUT2D eigenvalue weighted by atomic mass is 9.96. The van der Waals surface area contributed by atoms with Crippen LogP contribution in [0.1, 0.15) is 44.2 Å². The molecular formula is C18H26BrN3O2. The second kappa shape index (κ2) is 9.79. The van der Waals surface area contributed by atoms with Gasteiger partial charge in [-0.2, -0.15) is 0 Å². The average molecular weight is 396 g/mol. The topological polar surface area (TPSA) is 70.2 Å². The summed E-state index contributed by atoms with van der Waals surface area (Å²) in [5.41, 5.74) is 0.931. The van der Waals surface area contributed by atoms with Crippen molar-refractivity contribution >= 4 is 27.7 Å². The molecule has 2 unspecified atom stereocenters. The summed E-state index contributed by atoms with van der Waals surface area (Å²) < 4.78 is 0.971. The van der Waals surface area contributed by atoms with Crippen LogP contribution in [0.4, 0.5) is 0 Å². The first-order valence-corrected chi connectivity index (χ1v) is 9.34. The van der Waals surface area contributed by atoms with E-state index >= 15 is 0 Å². The largest absolute Gasteiger partial charge is 0.356 e. The van der Waals surface area contributed by atoms with Gasteiger partial charge < -0.3 is 16.0 Å². The molecule has 3 N–H and O–H groups in total. The lowest BCUT2D eigenvalue weighted by Crippen LogP contribution is -2.35. The molecule has 1 aliphatic rings. The lowest BCUT2D eigenvalue weighted by Gasteiger charge is -2.23. The van der Waals surface area contributed by atoms with Gasteiger partial charge in [0.05, 0.1) is 12.5 Å². The van der Waals surface area contributed by atoms with Crippen molar-refractivity contribution in [2.24, 2.45) is 5.92 Å². The maximum atomic E-state index is 12.2. The zero-order chi connectivity index (χ0) is 17.4. The van der Waals surface area contributed by atoms with Gasteiger partial charge in [-0.15, -0.1) is 0 Å². The van der Waals surface area contributed by atoms with Crippen LogP contribution in [0.5, 0.6) is 0 Å². The normalized spacial score (nSPS) is 18.7. The molecule has 1 heterocycles. The van der Waals surface area contributed by atoms with Crippen molar-refractivity contribution in [3.8, 4) is 0 Å². The fourth-order valence-corrected chi connectivity index (χ4v) is 3.30. The van der Waals surface area contributed by atoms with E-state index in [0.29, 0.717) is 12.5 Å². The van der Waals surface area contributed by atoms with Crippen LogP contribution in [0.15, 0.2) is 28.7 Å². The van der Waals surface area contributed by atoms with Crippen LogP contribution in [0.2, 0.25) is 0 Å². The number of benzene rings is 1. The highest BCUT2D eigenvalue weighted by Gasteiger charge is 2.18. The zero-order valence-electron chi connectivity index (χ0n) is 14.1. The first-order valence-electron chi connectivity index (χ1n) is 8.54. The Kier molecular flexibility index (Phi) is 7.72. The minimum absolute atomic E-state index is 0.0274. The first-order chi connectivity index (χ1) is 11.5.